The van der Waals surface area contributed by atoms with Gasteiger partial charge in [0.2, 0.25) is 5.91 Å². The lowest BCUT2D eigenvalue weighted by Crippen LogP contribution is -2.55. The average molecular weight is 487 g/mol. The third-order valence-electron chi connectivity index (χ3n) is 7.01. The van der Waals surface area contributed by atoms with Crippen LogP contribution < -0.4 is 5.32 Å². The van der Waals surface area contributed by atoms with Crippen LogP contribution in [0.5, 0.6) is 0 Å². The van der Waals surface area contributed by atoms with Gasteiger partial charge >= 0.3 is 0 Å². The zero-order chi connectivity index (χ0) is 24.1. The van der Waals surface area contributed by atoms with Crippen LogP contribution in [0.2, 0.25) is 0 Å². The molecule has 34 heavy (non-hydrogen) atoms. The van der Waals surface area contributed by atoms with Crippen molar-refractivity contribution < 1.29 is 18.0 Å². The smallest absolute Gasteiger partial charge is 0.282 e. The van der Waals surface area contributed by atoms with Crippen LogP contribution in [0.3, 0.4) is 0 Å². The molecular weight excluding hydrogens is 452 g/mol. The molecule has 4 rings (SSSR count). The van der Waals surface area contributed by atoms with Gasteiger partial charge in [0, 0.05) is 57.8 Å². The summed E-state index contributed by atoms with van der Waals surface area (Å²) in [5.41, 5.74) is 0.562. The molecule has 0 atom stereocenters. The van der Waals surface area contributed by atoms with Gasteiger partial charge in [-0.25, -0.2) is 0 Å². The summed E-state index contributed by atoms with van der Waals surface area (Å²) in [6.07, 6.45) is 5.34. The monoisotopic (exact) mass is 486 g/mol. The molecule has 2 fully saturated rings. The number of nitrogens with one attached hydrogen (secondary N) is 1. The number of hydrogen-bond donors (Lipinski definition) is 1. The van der Waals surface area contributed by atoms with Crippen molar-refractivity contribution in [1.82, 2.24) is 18.8 Å². The van der Waals surface area contributed by atoms with Gasteiger partial charge in [-0.2, -0.15) is 17.0 Å². The zero-order valence-corrected chi connectivity index (χ0v) is 20.6. The molecule has 1 saturated heterocycles. The van der Waals surface area contributed by atoms with Crippen molar-refractivity contribution in [2.75, 3.05) is 39.8 Å². The molecule has 0 aromatic heterocycles. The fourth-order valence-electron chi connectivity index (χ4n) is 4.86. The number of nitrogens with zero attached hydrogens (tertiary/aromatic N) is 3. The van der Waals surface area contributed by atoms with Crippen LogP contribution in [0.4, 0.5) is 0 Å². The molecule has 2 aliphatic rings. The Hall–Kier alpha value is -2.49. The second-order valence-electron chi connectivity index (χ2n) is 9.16. The van der Waals surface area contributed by atoms with Crippen LogP contribution in [0.1, 0.15) is 48.9 Å². The molecule has 2 aromatic carbocycles. The van der Waals surface area contributed by atoms with E-state index in [4.69, 9.17) is 0 Å². The summed E-state index contributed by atoms with van der Waals surface area (Å²) in [5, 5.41) is 4.88. The SMILES string of the molecule is CN(C1CCCCC1)S(=O)(=O)N1CCN(C(=O)CCNC(=O)c2ccc3ccccc3c2)CC1. The number of rotatable bonds is 7. The van der Waals surface area contributed by atoms with E-state index in [1.807, 2.05) is 36.4 Å². The lowest BCUT2D eigenvalue weighted by atomic mass is 9.96. The maximum Gasteiger partial charge on any atom is 0.282 e. The molecule has 1 aliphatic carbocycles. The summed E-state index contributed by atoms with van der Waals surface area (Å²) < 4.78 is 29.1. The van der Waals surface area contributed by atoms with E-state index in [9.17, 15) is 18.0 Å². The van der Waals surface area contributed by atoms with E-state index < -0.39 is 10.2 Å². The van der Waals surface area contributed by atoms with E-state index in [-0.39, 0.29) is 30.8 Å². The Morgan fingerprint density at radius 2 is 1.65 bits per heavy atom. The summed E-state index contributed by atoms with van der Waals surface area (Å²) in [6.45, 7) is 1.58. The minimum absolute atomic E-state index is 0.0727. The molecule has 184 valence electrons. The number of benzene rings is 2. The van der Waals surface area contributed by atoms with Crippen LogP contribution in [-0.2, 0) is 15.0 Å². The quantitative estimate of drug-likeness (QED) is 0.652. The highest BCUT2D eigenvalue weighted by molar-refractivity contribution is 7.86. The number of carbonyl (C=O) groups excluding carboxylic acids is 2. The Bertz CT molecular complexity index is 1120. The van der Waals surface area contributed by atoms with Crippen molar-refractivity contribution in [3.8, 4) is 0 Å². The van der Waals surface area contributed by atoms with Gasteiger partial charge in [0.05, 0.1) is 0 Å². The van der Waals surface area contributed by atoms with E-state index in [1.165, 1.54) is 15.0 Å². The Morgan fingerprint density at radius 3 is 2.35 bits per heavy atom. The predicted molar refractivity (Wildman–Crippen MR) is 133 cm³/mol. The molecule has 0 bridgehead atoms. The second kappa shape index (κ2) is 10.8. The molecule has 1 aliphatic heterocycles. The first-order valence-electron chi connectivity index (χ1n) is 12.1. The van der Waals surface area contributed by atoms with Crippen molar-refractivity contribution in [2.45, 2.75) is 44.6 Å². The van der Waals surface area contributed by atoms with Crippen LogP contribution in [0, 0.1) is 0 Å². The highest BCUT2D eigenvalue weighted by Gasteiger charge is 2.35. The molecule has 2 amide bonds. The fourth-order valence-corrected chi connectivity index (χ4v) is 6.43. The standard InChI is InChI=1S/C25H34N4O4S/c1-27(23-9-3-2-4-10-23)34(32,33)29-17-15-28(16-18-29)24(30)13-14-26-25(31)22-12-11-20-7-5-6-8-21(20)19-22/h5-8,11-12,19,23H,2-4,9-10,13-18H2,1H3,(H,26,31). The number of piperazine rings is 1. The van der Waals surface area contributed by atoms with E-state index in [0.29, 0.717) is 31.7 Å². The highest BCUT2D eigenvalue weighted by atomic mass is 32.2. The summed E-state index contributed by atoms with van der Waals surface area (Å²) in [7, 11) is -1.83. The van der Waals surface area contributed by atoms with Crippen molar-refractivity contribution in [3.63, 3.8) is 0 Å². The van der Waals surface area contributed by atoms with Gasteiger partial charge in [-0.15, -0.1) is 0 Å². The third-order valence-corrected chi connectivity index (χ3v) is 9.05. The Balaban J connectivity index is 1.23. The number of fused-ring (bicyclic) bond motifs is 1. The first kappa shape index (κ1) is 24.6. The minimum atomic E-state index is -3.51. The first-order chi connectivity index (χ1) is 16.4. The van der Waals surface area contributed by atoms with Gasteiger partial charge in [-0.3, -0.25) is 9.59 Å². The molecule has 0 spiro atoms. The van der Waals surface area contributed by atoms with Crippen LogP contribution in [-0.4, -0.2) is 79.6 Å². The van der Waals surface area contributed by atoms with Gasteiger partial charge in [-0.1, -0.05) is 49.6 Å². The Morgan fingerprint density at radius 1 is 0.971 bits per heavy atom. The second-order valence-corrected chi connectivity index (χ2v) is 11.2. The zero-order valence-electron chi connectivity index (χ0n) is 19.8. The highest BCUT2D eigenvalue weighted by Crippen LogP contribution is 2.25. The molecule has 0 unspecified atom stereocenters. The summed E-state index contributed by atoms with van der Waals surface area (Å²) >= 11 is 0. The largest absolute Gasteiger partial charge is 0.352 e. The molecule has 8 nitrogen and oxygen atoms in total. The van der Waals surface area contributed by atoms with Crippen molar-refractivity contribution in [1.29, 1.82) is 0 Å². The van der Waals surface area contributed by atoms with E-state index in [0.717, 1.165) is 36.5 Å². The number of amides is 2. The molecule has 1 saturated carbocycles. The molecule has 2 aromatic rings. The average Bonchev–Trinajstić information content (AvgIpc) is 2.88. The molecular formula is C25H34N4O4S. The first-order valence-corrected chi connectivity index (χ1v) is 13.5. The molecule has 0 radical (unpaired) electrons. The van der Waals surface area contributed by atoms with Crippen LogP contribution in [0.25, 0.3) is 10.8 Å². The summed E-state index contributed by atoms with van der Waals surface area (Å²) in [5.74, 6) is -0.281. The normalized spacial score (nSPS) is 18.4. The van der Waals surface area contributed by atoms with E-state index in [2.05, 4.69) is 5.32 Å². The molecule has 9 heteroatoms. The third kappa shape index (κ3) is 5.59. The molecule has 1 N–H and O–H groups in total. The summed E-state index contributed by atoms with van der Waals surface area (Å²) in [4.78, 5) is 26.8. The van der Waals surface area contributed by atoms with Crippen molar-refractivity contribution in [3.05, 3.63) is 48.0 Å². The predicted octanol–water partition coefficient (Wildman–Crippen LogP) is 2.61. The fraction of sp³-hybridized carbons (Fsp3) is 0.520. The van der Waals surface area contributed by atoms with Crippen molar-refractivity contribution >= 4 is 32.8 Å². The summed E-state index contributed by atoms with van der Waals surface area (Å²) in [6, 6.07) is 13.5. The Labute approximate surface area is 202 Å². The van der Waals surface area contributed by atoms with Crippen molar-refractivity contribution in [2.24, 2.45) is 0 Å². The maximum absolute atomic E-state index is 13.0. The number of hydrogen-bond acceptors (Lipinski definition) is 4. The van der Waals surface area contributed by atoms with Gasteiger partial charge in [-0.05, 0) is 35.7 Å². The lowest BCUT2D eigenvalue weighted by molar-refractivity contribution is -0.132. The van der Waals surface area contributed by atoms with Gasteiger partial charge in [0.1, 0.15) is 0 Å². The topological polar surface area (TPSA) is 90.0 Å². The number of carbonyl (C=O) groups is 2. The van der Waals surface area contributed by atoms with E-state index in [1.54, 1.807) is 18.0 Å². The minimum Gasteiger partial charge on any atom is -0.352 e. The van der Waals surface area contributed by atoms with Crippen LogP contribution >= 0.6 is 0 Å². The van der Waals surface area contributed by atoms with Gasteiger partial charge < -0.3 is 10.2 Å². The van der Waals surface area contributed by atoms with Gasteiger partial charge in [0.25, 0.3) is 16.1 Å². The van der Waals surface area contributed by atoms with Gasteiger partial charge in [0.15, 0.2) is 0 Å². The molecule has 1 heterocycles. The van der Waals surface area contributed by atoms with Crippen LogP contribution in [0.15, 0.2) is 42.5 Å². The lowest BCUT2D eigenvalue weighted by Gasteiger charge is -2.38. The van der Waals surface area contributed by atoms with E-state index >= 15 is 0 Å². The maximum atomic E-state index is 13.0. The Kier molecular flexibility index (Phi) is 7.85.